The van der Waals surface area contributed by atoms with Gasteiger partial charge in [-0.15, -0.1) is 0 Å². The highest BCUT2D eigenvalue weighted by Gasteiger charge is 2.28. The van der Waals surface area contributed by atoms with Crippen LogP contribution in [0.25, 0.3) is 0 Å². The van der Waals surface area contributed by atoms with E-state index >= 15 is 0 Å². The first-order valence-corrected chi connectivity index (χ1v) is 12.0. The van der Waals surface area contributed by atoms with Crippen molar-refractivity contribution in [2.24, 2.45) is 0 Å². The maximum absolute atomic E-state index is 13.0. The number of morpholine rings is 1. The highest BCUT2D eigenvalue weighted by Crippen LogP contribution is 2.28. The molecule has 1 saturated heterocycles. The van der Waals surface area contributed by atoms with Crippen molar-refractivity contribution >= 4 is 44.8 Å². The molecule has 0 radical (unpaired) electrons. The number of nitrogens with zero attached hydrogens (tertiary/aromatic N) is 1. The zero-order valence-electron chi connectivity index (χ0n) is 17.1. The number of halogens is 2. The van der Waals surface area contributed by atoms with Gasteiger partial charge in [0.15, 0.2) is 0 Å². The molecule has 0 aromatic heterocycles. The van der Waals surface area contributed by atoms with E-state index in [0.717, 1.165) is 0 Å². The number of aryl methyl sites for hydroxylation is 1. The Labute approximate surface area is 192 Å². The van der Waals surface area contributed by atoms with Gasteiger partial charge in [0.2, 0.25) is 15.9 Å². The molecule has 0 atom stereocenters. The summed E-state index contributed by atoms with van der Waals surface area (Å²) < 4.78 is 38.1. The lowest BCUT2D eigenvalue weighted by atomic mass is 10.2. The number of hydrogen-bond donors (Lipinski definition) is 1. The number of amides is 1. The second-order valence-electron chi connectivity index (χ2n) is 7.07. The van der Waals surface area contributed by atoms with Crippen LogP contribution in [0.4, 0.5) is 5.69 Å². The van der Waals surface area contributed by atoms with E-state index in [4.69, 9.17) is 32.7 Å². The quantitative estimate of drug-likeness (QED) is 0.567. The van der Waals surface area contributed by atoms with Crippen LogP contribution in [0.15, 0.2) is 41.3 Å². The van der Waals surface area contributed by atoms with Crippen LogP contribution >= 0.6 is 23.2 Å². The first-order valence-electron chi connectivity index (χ1n) is 9.83. The number of nitrogens with one attached hydrogen (secondary N) is 1. The van der Waals surface area contributed by atoms with Crippen LogP contribution < -0.4 is 10.1 Å². The average molecular weight is 487 g/mol. The first kappa shape index (κ1) is 23.8. The summed E-state index contributed by atoms with van der Waals surface area (Å²) in [6.45, 7) is 3.42. The maximum atomic E-state index is 13.0. The van der Waals surface area contributed by atoms with Crippen molar-refractivity contribution < 1.29 is 22.7 Å². The Hall–Kier alpha value is -1.84. The van der Waals surface area contributed by atoms with E-state index in [2.05, 4.69) is 5.32 Å². The van der Waals surface area contributed by atoms with Crippen molar-refractivity contribution in [3.05, 3.63) is 52.0 Å². The van der Waals surface area contributed by atoms with Crippen LogP contribution in [0, 0.1) is 6.92 Å². The molecule has 1 N–H and O–H groups in total. The molecule has 7 nitrogen and oxygen atoms in total. The molecule has 0 aliphatic carbocycles. The Kier molecular flexibility index (Phi) is 8.18. The molecular formula is C21H24Cl2N2O5S. The fourth-order valence-electron chi connectivity index (χ4n) is 3.11. The highest BCUT2D eigenvalue weighted by molar-refractivity contribution is 7.89. The van der Waals surface area contributed by atoms with Gasteiger partial charge in [-0.2, -0.15) is 4.31 Å². The predicted molar refractivity (Wildman–Crippen MR) is 121 cm³/mol. The molecule has 10 heteroatoms. The minimum Gasteiger partial charge on any atom is -0.492 e. The lowest BCUT2D eigenvalue weighted by Gasteiger charge is -2.26. The van der Waals surface area contributed by atoms with Crippen molar-refractivity contribution in [3.63, 3.8) is 0 Å². The lowest BCUT2D eigenvalue weighted by molar-refractivity contribution is -0.116. The number of hydrogen-bond acceptors (Lipinski definition) is 5. The minimum absolute atomic E-state index is 0.188. The third-order valence-corrected chi connectivity index (χ3v) is 7.33. The summed E-state index contributed by atoms with van der Waals surface area (Å²) in [4.78, 5) is 12.5. The molecule has 1 heterocycles. The van der Waals surface area contributed by atoms with Crippen LogP contribution in [0.1, 0.15) is 18.4 Å². The Balaban J connectivity index is 1.56. The lowest BCUT2D eigenvalue weighted by Crippen LogP contribution is -2.40. The molecule has 1 aliphatic heterocycles. The number of carbonyl (C=O) groups excluding carboxylic acids is 1. The standard InChI is InChI=1S/C21H24Cl2N2O5S/c1-15-4-6-17(14-20(15)31(27,28)25-8-11-29-12-9-25)24-21(26)3-2-10-30-19-7-5-16(22)13-18(19)23/h4-7,13-14H,2-3,8-12H2,1H3,(H,24,26). The van der Waals surface area contributed by atoms with Crippen LogP contribution in [0.5, 0.6) is 5.75 Å². The first-order chi connectivity index (χ1) is 14.8. The van der Waals surface area contributed by atoms with E-state index in [9.17, 15) is 13.2 Å². The molecule has 0 unspecified atom stereocenters. The van der Waals surface area contributed by atoms with Gasteiger partial charge in [0.05, 0.1) is 29.7 Å². The molecule has 1 aliphatic rings. The van der Waals surface area contributed by atoms with Crippen LogP contribution in [0.3, 0.4) is 0 Å². The van der Waals surface area contributed by atoms with Crippen LogP contribution in [-0.2, 0) is 19.6 Å². The number of benzene rings is 2. The summed E-state index contributed by atoms with van der Waals surface area (Å²) in [5.41, 5.74) is 1.06. The Morgan fingerprint density at radius 1 is 1.16 bits per heavy atom. The van der Waals surface area contributed by atoms with Crippen molar-refractivity contribution in [2.75, 3.05) is 38.2 Å². The molecule has 2 aromatic carbocycles. The van der Waals surface area contributed by atoms with E-state index in [1.807, 2.05) is 0 Å². The zero-order valence-corrected chi connectivity index (χ0v) is 19.4. The molecular weight excluding hydrogens is 463 g/mol. The second-order valence-corrected chi connectivity index (χ2v) is 9.82. The summed E-state index contributed by atoms with van der Waals surface area (Å²) in [6, 6.07) is 9.82. The monoisotopic (exact) mass is 486 g/mol. The predicted octanol–water partition coefficient (Wildman–Crippen LogP) is 4.12. The Bertz CT molecular complexity index is 1040. The van der Waals surface area contributed by atoms with Crippen molar-refractivity contribution in [1.29, 1.82) is 0 Å². The molecule has 0 spiro atoms. The second kappa shape index (κ2) is 10.7. The SMILES string of the molecule is Cc1ccc(NC(=O)CCCOc2ccc(Cl)cc2Cl)cc1S(=O)(=O)N1CCOCC1. The third kappa shape index (κ3) is 6.33. The van der Waals surface area contributed by atoms with E-state index in [1.54, 1.807) is 37.3 Å². The minimum atomic E-state index is -3.65. The average Bonchev–Trinajstić information content (AvgIpc) is 2.74. The molecule has 0 bridgehead atoms. The normalized spacial score (nSPS) is 14.9. The van der Waals surface area contributed by atoms with Gasteiger partial charge in [-0.05, 0) is 49.2 Å². The molecule has 31 heavy (non-hydrogen) atoms. The zero-order chi connectivity index (χ0) is 22.4. The van der Waals surface area contributed by atoms with Gasteiger partial charge in [-0.3, -0.25) is 4.79 Å². The van der Waals surface area contributed by atoms with Gasteiger partial charge in [-0.25, -0.2) is 8.42 Å². The number of sulfonamides is 1. The molecule has 1 amide bonds. The van der Waals surface area contributed by atoms with Gasteiger partial charge < -0.3 is 14.8 Å². The van der Waals surface area contributed by atoms with E-state index < -0.39 is 10.0 Å². The van der Waals surface area contributed by atoms with Crippen molar-refractivity contribution in [3.8, 4) is 5.75 Å². The summed E-state index contributed by atoms with van der Waals surface area (Å²) in [5, 5.41) is 3.68. The molecule has 168 valence electrons. The van der Waals surface area contributed by atoms with Gasteiger partial charge in [0.25, 0.3) is 0 Å². The Morgan fingerprint density at radius 2 is 1.90 bits per heavy atom. The number of rotatable bonds is 8. The largest absolute Gasteiger partial charge is 0.492 e. The topological polar surface area (TPSA) is 84.9 Å². The van der Waals surface area contributed by atoms with E-state index in [1.165, 1.54) is 10.4 Å². The van der Waals surface area contributed by atoms with Crippen molar-refractivity contribution in [2.45, 2.75) is 24.7 Å². The van der Waals surface area contributed by atoms with Gasteiger partial charge >= 0.3 is 0 Å². The smallest absolute Gasteiger partial charge is 0.243 e. The molecule has 1 fully saturated rings. The van der Waals surface area contributed by atoms with Gasteiger partial charge in [-0.1, -0.05) is 29.3 Å². The third-order valence-electron chi connectivity index (χ3n) is 4.76. The van der Waals surface area contributed by atoms with E-state index in [-0.39, 0.29) is 17.2 Å². The Morgan fingerprint density at radius 3 is 2.61 bits per heavy atom. The van der Waals surface area contributed by atoms with Crippen molar-refractivity contribution in [1.82, 2.24) is 4.31 Å². The van der Waals surface area contributed by atoms with Crippen LogP contribution in [-0.4, -0.2) is 51.5 Å². The van der Waals surface area contributed by atoms with Crippen LogP contribution in [0.2, 0.25) is 10.0 Å². The highest BCUT2D eigenvalue weighted by atomic mass is 35.5. The summed E-state index contributed by atoms with van der Waals surface area (Å²) in [7, 11) is -3.65. The summed E-state index contributed by atoms with van der Waals surface area (Å²) in [5.74, 6) is 0.271. The van der Waals surface area contributed by atoms with E-state index in [0.29, 0.717) is 66.4 Å². The molecule has 3 rings (SSSR count). The maximum Gasteiger partial charge on any atom is 0.243 e. The number of carbonyl (C=O) groups is 1. The summed E-state index contributed by atoms with van der Waals surface area (Å²) >= 11 is 11.9. The fourth-order valence-corrected chi connectivity index (χ4v) is 5.23. The summed E-state index contributed by atoms with van der Waals surface area (Å²) in [6.07, 6.45) is 0.681. The number of ether oxygens (including phenoxy) is 2. The van der Waals surface area contributed by atoms with Gasteiger partial charge in [0, 0.05) is 30.2 Å². The fraction of sp³-hybridized carbons (Fsp3) is 0.381. The molecule has 0 saturated carbocycles. The van der Waals surface area contributed by atoms with Gasteiger partial charge in [0.1, 0.15) is 5.75 Å². The number of anilines is 1. The molecule has 2 aromatic rings.